The molecule has 0 saturated carbocycles. The number of hydrogen-bond acceptors (Lipinski definition) is 0. The molecule has 2 aromatic rings. The Hall–Kier alpha value is -1.48. The first-order chi connectivity index (χ1) is 10.2. The van der Waals surface area contributed by atoms with E-state index >= 15 is 0 Å². The summed E-state index contributed by atoms with van der Waals surface area (Å²) in [4.78, 5) is 0. The van der Waals surface area contributed by atoms with Crippen molar-refractivity contribution in [2.24, 2.45) is 0 Å². The molecule has 0 saturated heterocycles. The molecule has 2 atom stereocenters. The Balaban J connectivity index is 2.36. The normalized spacial score (nSPS) is 16.1. The second-order valence-electron chi connectivity index (χ2n) is 5.85. The van der Waals surface area contributed by atoms with Gasteiger partial charge in [-0.05, 0) is 42.5 Å². The standard InChI is InChI=1S/C18H18ClF3/c1-13(14-6-4-3-5-7-14)12-17(2,18(20,21)22)15-8-10-16(19)11-9-15/h3-11,13H,12H2,1-2H3. The minimum absolute atomic E-state index is 0.0118. The fraction of sp³-hybridized carbons (Fsp3) is 0.333. The SMILES string of the molecule is CC(CC(C)(c1ccc(Cl)cc1)C(F)(F)F)c1ccccc1. The van der Waals surface area contributed by atoms with E-state index in [0.29, 0.717) is 5.02 Å². The largest absolute Gasteiger partial charge is 0.398 e. The Bertz CT molecular complexity index is 604. The maximum atomic E-state index is 13.7. The summed E-state index contributed by atoms with van der Waals surface area (Å²) >= 11 is 5.80. The fourth-order valence-corrected chi connectivity index (χ4v) is 2.85. The van der Waals surface area contributed by atoms with Crippen LogP contribution < -0.4 is 0 Å². The van der Waals surface area contributed by atoms with Gasteiger partial charge in [0.2, 0.25) is 0 Å². The van der Waals surface area contributed by atoms with Crippen molar-refractivity contribution in [3.8, 4) is 0 Å². The van der Waals surface area contributed by atoms with E-state index in [4.69, 9.17) is 11.6 Å². The van der Waals surface area contributed by atoms with Crippen molar-refractivity contribution in [1.29, 1.82) is 0 Å². The molecule has 0 aliphatic carbocycles. The molecule has 0 radical (unpaired) electrons. The lowest BCUT2D eigenvalue weighted by Gasteiger charge is -2.35. The Morgan fingerprint density at radius 2 is 1.50 bits per heavy atom. The molecule has 0 amide bonds. The van der Waals surface area contributed by atoms with Crippen molar-refractivity contribution in [3.63, 3.8) is 0 Å². The molecule has 0 aliphatic rings. The minimum atomic E-state index is -4.33. The van der Waals surface area contributed by atoms with Crippen LogP contribution in [0.5, 0.6) is 0 Å². The van der Waals surface area contributed by atoms with E-state index in [1.807, 2.05) is 37.3 Å². The maximum Gasteiger partial charge on any atom is 0.398 e. The van der Waals surface area contributed by atoms with Crippen molar-refractivity contribution in [1.82, 2.24) is 0 Å². The molecule has 2 unspecified atom stereocenters. The molecule has 2 rings (SSSR count). The van der Waals surface area contributed by atoms with E-state index in [2.05, 4.69) is 0 Å². The summed E-state index contributed by atoms with van der Waals surface area (Å²) in [5.41, 5.74) is -0.758. The van der Waals surface area contributed by atoms with Gasteiger partial charge in [0.25, 0.3) is 0 Å². The van der Waals surface area contributed by atoms with Crippen molar-refractivity contribution in [2.75, 3.05) is 0 Å². The summed E-state index contributed by atoms with van der Waals surface area (Å²) in [6, 6.07) is 15.2. The summed E-state index contributed by atoms with van der Waals surface area (Å²) in [5, 5.41) is 0.435. The van der Waals surface area contributed by atoms with E-state index in [0.717, 1.165) is 5.56 Å². The zero-order valence-corrected chi connectivity index (χ0v) is 13.2. The molecule has 118 valence electrons. The van der Waals surface area contributed by atoms with Crippen LogP contribution >= 0.6 is 11.6 Å². The van der Waals surface area contributed by atoms with Crippen LogP contribution in [0.2, 0.25) is 5.02 Å². The molecular formula is C18H18ClF3. The van der Waals surface area contributed by atoms with Crippen LogP contribution in [0.1, 0.15) is 37.3 Å². The summed E-state index contributed by atoms with van der Waals surface area (Å²) in [6.45, 7) is 3.09. The van der Waals surface area contributed by atoms with Gasteiger partial charge in [-0.2, -0.15) is 13.2 Å². The van der Waals surface area contributed by atoms with E-state index < -0.39 is 11.6 Å². The topological polar surface area (TPSA) is 0 Å². The van der Waals surface area contributed by atoms with E-state index in [9.17, 15) is 13.2 Å². The third kappa shape index (κ3) is 3.46. The zero-order chi connectivity index (χ0) is 16.4. The number of rotatable bonds is 4. The van der Waals surface area contributed by atoms with Crippen LogP contribution in [0.15, 0.2) is 54.6 Å². The van der Waals surface area contributed by atoms with Crippen LogP contribution in [0.3, 0.4) is 0 Å². The summed E-state index contributed by atoms with van der Waals surface area (Å²) in [5.74, 6) is -0.205. The molecule has 0 nitrogen and oxygen atoms in total. The molecule has 0 aliphatic heterocycles. The van der Waals surface area contributed by atoms with Crippen LogP contribution in [0.4, 0.5) is 13.2 Å². The molecule has 2 aromatic carbocycles. The van der Waals surface area contributed by atoms with Crippen molar-refractivity contribution in [2.45, 2.75) is 37.8 Å². The molecule has 0 N–H and O–H groups in total. The summed E-state index contributed by atoms with van der Waals surface area (Å²) < 4.78 is 41.2. The van der Waals surface area contributed by atoms with Gasteiger partial charge in [0.05, 0.1) is 5.41 Å². The first-order valence-corrected chi connectivity index (χ1v) is 7.49. The summed E-state index contributed by atoms with van der Waals surface area (Å²) in [6.07, 6.45) is -4.34. The fourth-order valence-electron chi connectivity index (χ4n) is 2.73. The quantitative estimate of drug-likeness (QED) is 0.613. The molecule has 0 aromatic heterocycles. The van der Waals surface area contributed by atoms with Gasteiger partial charge in [-0.15, -0.1) is 0 Å². The average molecular weight is 327 g/mol. The van der Waals surface area contributed by atoms with Crippen LogP contribution in [0, 0.1) is 0 Å². The number of halogens is 4. The van der Waals surface area contributed by atoms with Gasteiger partial charge in [0, 0.05) is 5.02 Å². The lowest BCUT2D eigenvalue weighted by molar-refractivity contribution is -0.188. The lowest BCUT2D eigenvalue weighted by Crippen LogP contribution is -2.40. The third-order valence-corrected chi connectivity index (χ3v) is 4.44. The van der Waals surface area contributed by atoms with E-state index in [1.165, 1.54) is 31.2 Å². The molecule has 0 bridgehead atoms. The third-order valence-electron chi connectivity index (χ3n) is 4.19. The van der Waals surface area contributed by atoms with E-state index in [-0.39, 0.29) is 17.9 Å². The van der Waals surface area contributed by atoms with E-state index in [1.54, 1.807) is 0 Å². The monoisotopic (exact) mass is 326 g/mol. The molecule has 4 heteroatoms. The average Bonchev–Trinajstić information content (AvgIpc) is 2.47. The zero-order valence-electron chi connectivity index (χ0n) is 12.5. The Morgan fingerprint density at radius 3 is 2.00 bits per heavy atom. The minimum Gasteiger partial charge on any atom is -0.170 e. The Kier molecular flexibility index (Phi) is 4.86. The van der Waals surface area contributed by atoms with Gasteiger partial charge < -0.3 is 0 Å². The number of hydrogen-bond donors (Lipinski definition) is 0. The highest BCUT2D eigenvalue weighted by molar-refractivity contribution is 6.30. The van der Waals surface area contributed by atoms with Gasteiger partial charge in [0.1, 0.15) is 0 Å². The molecule has 0 heterocycles. The van der Waals surface area contributed by atoms with Gasteiger partial charge >= 0.3 is 6.18 Å². The van der Waals surface area contributed by atoms with Crippen molar-refractivity contribution < 1.29 is 13.2 Å². The molecule has 0 spiro atoms. The van der Waals surface area contributed by atoms with Gasteiger partial charge in [-0.3, -0.25) is 0 Å². The second-order valence-corrected chi connectivity index (χ2v) is 6.29. The Morgan fingerprint density at radius 1 is 0.955 bits per heavy atom. The Labute approximate surface area is 133 Å². The first-order valence-electron chi connectivity index (χ1n) is 7.12. The number of alkyl halides is 3. The van der Waals surface area contributed by atoms with Crippen LogP contribution in [-0.4, -0.2) is 6.18 Å². The second kappa shape index (κ2) is 6.33. The van der Waals surface area contributed by atoms with Gasteiger partial charge in [-0.1, -0.05) is 61.0 Å². The van der Waals surface area contributed by atoms with Gasteiger partial charge in [0.15, 0.2) is 0 Å². The number of benzene rings is 2. The molecule has 22 heavy (non-hydrogen) atoms. The highest BCUT2D eigenvalue weighted by atomic mass is 35.5. The van der Waals surface area contributed by atoms with Crippen molar-refractivity contribution >= 4 is 11.6 Å². The summed E-state index contributed by atoms with van der Waals surface area (Å²) in [7, 11) is 0. The maximum absolute atomic E-state index is 13.7. The smallest absolute Gasteiger partial charge is 0.170 e. The predicted molar refractivity (Wildman–Crippen MR) is 84.3 cm³/mol. The van der Waals surface area contributed by atoms with Gasteiger partial charge in [-0.25, -0.2) is 0 Å². The molecule has 0 fully saturated rings. The van der Waals surface area contributed by atoms with Crippen LogP contribution in [-0.2, 0) is 5.41 Å². The highest BCUT2D eigenvalue weighted by Gasteiger charge is 2.52. The predicted octanol–water partition coefficient (Wildman–Crippen LogP) is 6.35. The highest BCUT2D eigenvalue weighted by Crippen LogP contribution is 2.47. The lowest BCUT2D eigenvalue weighted by atomic mass is 9.73. The molecular weight excluding hydrogens is 309 g/mol. The van der Waals surface area contributed by atoms with Crippen LogP contribution in [0.25, 0.3) is 0 Å². The van der Waals surface area contributed by atoms with Crippen molar-refractivity contribution in [3.05, 3.63) is 70.7 Å². The first kappa shape index (κ1) is 16.9.